The second kappa shape index (κ2) is 10.7. The van der Waals surface area contributed by atoms with Crippen LogP contribution < -0.4 is 20.6 Å². The predicted octanol–water partition coefficient (Wildman–Crippen LogP) is 3.39. The van der Waals surface area contributed by atoms with E-state index in [0.717, 1.165) is 17.5 Å². The van der Waals surface area contributed by atoms with Crippen molar-refractivity contribution in [3.05, 3.63) is 76.3 Å². The van der Waals surface area contributed by atoms with Crippen LogP contribution in [-0.4, -0.2) is 35.3 Å². The highest BCUT2D eigenvalue weighted by molar-refractivity contribution is 5.94. The first-order chi connectivity index (χ1) is 15.1. The average Bonchev–Trinajstić information content (AvgIpc) is 2.79. The van der Waals surface area contributed by atoms with E-state index in [4.69, 9.17) is 9.47 Å². The number of ether oxygens (including phenoxy) is 2. The molecule has 1 amide bonds. The fraction of sp³-hybridized carbons (Fsp3) is 0.217. The SMILES string of the molecule is CCCOc1ccc(/C=N/NC(=O)c2cc(-c3ccccc3)nc(=O)[nH]2)cc1OCC. The molecule has 2 N–H and O–H groups in total. The number of H-pyrrole nitrogens is 1. The number of aromatic amines is 1. The first-order valence-electron chi connectivity index (χ1n) is 10.0. The van der Waals surface area contributed by atoms with Crippen LogP contribution in [0.3, 0.4) is 0 Å². The van der Waals surface area contributed by atoms with Crippen LogP contribution in [0, 0.1) is 0 Å². The van der Waals surface area contributed by atoms with E-state index in [2.05, 4.69) is 20.5 Å². The molecular weight excluding hydrogens is 396 g/mol. The van der Waals surface area contributed by atoms with Crippen molar-refractivity contribution in [1.82, 2.24) is 15.4 Å². The summed E-state index contributed by atoms with van der Waals surface area (Å²) in [6.45, 7) is 5.02. The molecule has 0 fully saturated rings. The van der Waals surface area contributed by atoms with Gasteiger partial charge >= 0.3 is 5.69 Å². The molecule has 0 saturated heterocycles. The van der Waals surface area contributed by atoms with E-state index >= 15 is 0 Å². The molecule has 8 nitrogen and oxygen atoms in total. The maximum atomic E-state index is 12.4. The van der Waals surface area contributed by atoms with Gasteiger partial charge < -0.3 is 14.5 Å². The van der Waals surface area contributed by atoms with Gasteiger partial charge in [-0.3, -0.25) is 4.79 Å². The van der Waals surface area contributed by atoms with Crippen LogP contribution in [-0.2, 0) is 0 Å². The monoisotopic (exact) mass is 420 g/mol. The summed E-state index contributed by atoms with van der Waals surface area (Å²) in [4.78, 5) is 30.7. The molecule has 160 valence electrons. The van der Waals surface area contributed by atoms with Crippen LogP contribution in [0.15, 0.2) is 64.5 Å². The van der Waals surface area contributed by atoms with E-state index in [1.54, 1.807) is 12.1 Å². The third-order valence-corrected chi connectivity index (χ3v) is 4.17. The van der Waals surface area contributed by atoms with Gasteiger partial charge in [-0.2, -0.15) is 10.1 Å². The van der Waals surface area contributed by atoms with Gasteiger partial charge in [-0.1, -0.05) is 37.3 Å². The Hall–Kier alpha value is -3.94. The molecule has 0 radical (unpaired) electrons. The summed E-state index contributed by atoms with van der Waals surface area (Å²) < 4.78 is 11.3. The zero-order valence-electron chi connectivity index (χ0n) is 17.4. The summed E-state index contributed by atoms with van der Waals surface area (Å²) in [6.07, 6.45) is 2.38. The number of nitrogens with zero attached hydrogens (tertiary/aromatic N) is 2. The molecule has 1 heterocycles. The number of carbonyl (C=O) groups is 1. The summed E-state index contributed by atoms with van der Waals surface area (Å²) in [5.74, 6) is 0.714. The Morgan fingerprint density at radius 2 is 1.90 bits per heavy atom. The molecule has 2 aromatic carbocycles. The maximum Gasteiger partial charge on any atom is 0.346 e. The van der Waals surface area contributed by atoms with Crippen molar-refractivity contribution in [1.29, 1.82) is 0 Å². The van der Waals surface area contributed by atoms with E-state index < -0.39 is 11.6 Å². The molecule has 0 spiro atoms. The Kier molecular flexibility index (Phi) is 7.53. The summed E-state index contributed by atoms with van der Waals surface area (Å²) in [6, 6.07) is 16.0. The summed E-state index contributed by atoms with van der Waals surface area (Å²) in [5, 5.41) is 3.98. The second-order valence-electron chi connectivity index (χ2n) is 6.54. The van der Waals surface area contributed by atoms with Crippen LogP contribution in [0.1, 0.15) is 36.3 Å². The van der Waals surface area contributed by atoms with Gasteiger partial charge in [0.25, 0.3) is 5.91 Å². The molecule has 1 aromatic heterocycles. The average molecular weight is 420 g/mol. The minimum atomic E-state index is -0.612. The third-order valence-electron chi connectivity index (χ3n) is 4.17. The molecular formula is C23H24N4O4. The quantitative estimate of drug-likeness (QED) is 0.408. The van der Waals surface area contributed by atoms with E-state index in [-0.39, 0.29) is 5.69 Å². The van der Waals surface area contributed by atoms with Gasteiger partial charge in [0, 0.05) is 5.56 Å². The lowest BCUT2D eigenvalue weighted by Crippen LogP contribution is -2.24. The Morgan fingerprint density at radius 1 is 1.10 bits per heavy atom. The minimum absolute atomic E-state index is 0.0642. The fourth-order valence-corrected chi connectivity index (χ4v) is 2.77. The highest BCUT2D eigenvalue weighted by atomic mass is 16.5. The first kappa shape index (κ1) is 21.8. The van der Waals surface area contributed by atoms with Crippen LogP contribution in [0.25, 0.3) is 11.3 Å². The number of aromatic nitrogens is 2. The molecule has 0 unspecified atom stereocenters. The van der Waals surface area contributed by atoms with Crippen LogP contribution in [0.5, 0.6) is 11.5 Å². The van der Waals surface area contributed by atoms with Crippen LogP contribution >= 0.6 is 0 Å². The first-order valence-corrected chi connectivity index (χ1v) is 10.0. The molecule has 3 rings (SSSR count). The number of benzene rings is 2. The number of rotatable bonds is 9. The van der Waals surface area contributed by atoms with Gasteiger partial charge in [0.15, 0.2) is 11.5 Å². The van der Waals surface area contributed by atoms with Crippen LogP contribution in [0.2, 0.25) is 0 Å². The lowest BCUT2D eigenvalue weighted by atomic mass is 10.1. The van der Waals surface area contributed by atoms with Crippen molar-refractivity contribution in [3.63, 3.8) is 0 Å². The molecule has 0 atom stereocenters. The van der Waals surface area contributed by atoms with E-state index in [0.29, 0.717) is 30.4 Å². The summed E-state index contributed by atoms with van der Waals surface area (Å²) in [7, 11) is 0. The van der Waals surface area contributed by atoms with Crippen molar-refractivity contribution >= 4 is 12.1 Å². The van der Waals surface area contributed by atoms with Crippen molar-refractivity contribution < 1.29 is 14.3 Å². The number of nitrogens with one attached hydrogen (secondary N) is 2. The number of amides is 1. The Bertz CT molecular complexity index is 1110. The molecule has 0 aliphatic rings. The molecule has 3 aromatic rings. The Morgan fingerprint density at radius 3 is 2.65 bits per heavy atom. The molecule has 31 heavy (non-hydrogen) atoms. The highest BCUT2D eigenvalue weighted by Crippen LogP contribution is 2.28. The van der Waals surface area contributed by atoms with Crippen molar-refractivity contribution in [2.45, 2.75) is 20.3 Å². The predicted molar refractivity (Wildman–Crippen MR) is 119 cm³/mol. The second-order valence-corrected chi connectivity index (χ2v) is 6.54. The number of carbonyl (C=O) groups excluding carboxylic acids is 1. The van der Waals surface area contributed by atoms with Gasteiger partial charge in [0.05, 0.1) is 25.1 Å². The lowest BCUT2D eigenvalue weighted by Gasteiger charge is -2.11. The van der Waals surface area contributed by atoms with Gasteiger partial charge in [0.1, 0.15) is 5.69 Å². The Balaban J connectivity index is 1.72. The van der Waals surface area contributed by atoms with Gasteiger partial charge in [-0.05, 0) is 43.2 Å². The topological polar surface area (TPSA) is 106 Å². The largest absolute Gasteiger partial charge is 0.490 e. The Labute approximate surface area is 180 Å². The standard InChI is InChI=1S/C23H24N4O4/c1-3-12-31-20-11-10-16(13-21(20)30-4-2)15-24-27-22(28)19-14-18(25-23(29)26-19)17-8-6-5-7-9-17/h5-11,13-15H,3-4,12H2,1-2H3,(H,27,28)(H,25,26,29)/b24-15+. The zero-order valence-corrected chi connectivity index (χ0v) is 17.4. The third kappa shape index (κ3) is 6.02. The van der Waals surface area contributed by atoms with Crippen LogP contribution in [0.4, 0.5) is 0 Å². The molecule has 8 heteroatoms. The molecule has 0 bridgehead atoms. The smallest absolute Gasteiger partial charge is 0.346 e. The highest BCUT2D eigenvalue weighted by Gasteiger charge is 2.10. The van der Waals surface area contributed by atoms with Gasteiger partial charge in [-0.25, -0.2) is 10.2 Å². The van der Waals surface area contributed by atoms with Gasteiger partial charge in [0.2, 0.25) is 0 Å². The number of hydrogen-bond acceptors (Lipinski definition) is 6. The zero-order chi connectivity index (χ0) is 22.1. The normalized spacial score (nSPS) is 10.8. The minimum Gasteiger partial charge on any atom is -0.490 e. The van der Waals surface area contributed by atoms with E-state index in [1.165, 1.54) is 12.3 Å². The van der Waals surface area contributed by atoms with Crippen molar-refractivity contribution in [2.24, 2.45) is 5.10 Å². The molecule has 0 saturated carbocycles. The maximum absolute atomic E-state index is 12.4. The van der Waals surface area contributed by atoms with E-state index in [9.17, 15) is 9.59 Å². The van der Waals surface area contributed by atoms with Gasteiger partial charge in [-0.15, -0.1) is 0 Å². The fourth-order valence-electron chi connectivity index (χ4n) is 2.77. The van der Waals surface area contributed by atoms with E-state index in [1.807, 2.05) is 50.2 Å². The molecule has 0 aliphatic carbocycles. The summed E-state index contributed by atoms with van der Waals surface area (Å²) >= 11 is 0. The number of hydrogen-bond donors (Lipinski definition) is 2. The molecule has 0 aliphatic heterocycles. The van der Waals surface area contributed by atoms with Crippen molar-refractivity contribution in [2.75, 3.05) is 13.2 Å². The van der Waals surface area contributed by atoms with Crippen molar-refractivity contribution in [3.8, 4) is 22.8 Å². The lowest BCUT2D eigenvalue weighted by molar-refractivity contribution is 0.0949. The number of hydrazone groups is 1. The summed E-state index contributed by atoms with van der Waals surface area (Å²) in [5.41, 5.74) is 3.73.